The summed E-state index contributed by atoms with van der Waals surface area (Å²) in [5, 5.41) is 3.33. The lowest BCUT2D eigenvalue weighted by molar-refractivity contribution is 0.615. The van der Waals surface area contributed by atoms with Crippen molar-refractivity contribution in [1.82, 2.24) is 5.32 Å². The summed E-state index contributed by atoms with van der Waals surface area (Å²) in [4.78, 5) is 1.21. The third-order valence-electron chi connectivity index (χ3n) is 2.52. The summed E-state index contributed by atoms with van der Waals surface area (Å²) in [6.45, 7) is 6.07. The SMILES string of the molecule is CCCCSc1ccc(F)cc1CNCCC. The number of halogens is 1. The maximum Gasteiger partial charge on any atom is 0.123 e. The van der Waals surface area contributed by atoms with Gasteiger partial charge in [-0.3, -0.25) is 0 Å². The van der Waals surface area contributed by atoms with E-state index in [0.717, 1.165) is 30.8 Å². The fraction of sp³-hybridized carbons (Fsp3) is 0.571. The Morgan fingerprint density at radius 3 is 2.76 bits per heavy atom. The number of hydrogen-bond acceptors (Lipinski definition) is 2. The van der Waals surface area contributed by atoms with Crippen LogP contribution in [0, 0.1) is 5.82 Å². The number of nitrogens with one attached hydrogen (secondary N) is 1. The van der Waals surface area contributed by atoms with Crippen LogP contribution in [0.2, 0.25) is 0 Å². The van der Waals surface area contributed by atoms with Crippen molar-refractivity contribution in [2.24, 2.45) is 0 Å². The first-order chi connectivity index (χ1) is 8.27. The molecule has 0 amide bonds. The monoisotopic (exact) mass is 255 g/mol. The van der Waals surface area contributed by atoms with E-state index in [0.29, 0.717) is 0 Å². The molecule has 1 N–H and O–H groups in total. The van der Waals surface area contributed by atoms with Gasteiger partial charge in [0.2, 0.25) is 0 Å². The molecule has 0 radical (unpaired) electrons. The molecule has 0 unspecified atom stereocenters. The number of rotatable bonds is 8. The van der Waals surface area contributed by atoms with Crippen LogP contribution in [-0.2, 0) is 6.54 Å². The first kappa shape index (κ1) is 14.5. The number of thioether (sulfide) groups is 1. The van der Waals surface area contributed by atoms with Gasteiger partial charge in [-0.2, -0.15) is 0 Å². The second-order valence-corrected chi connectivity index (χ2v) is 5.27. The second-order valence-electron chi connectivity index (χ2n) is 4.13. The molecule has 17 heavy (non-hydrogen) atoms. The first-order valence-corrected chi connectivity index (χ1v) is 7.38. The number of hydrogen-bond donors (Lipinski definition) is 1. The Hall–Kier alpha value is -0.540. The third kappa shape index (κ3) is 5.55. The predicted molar refractivity (Wildman–Crippen MR) is 74.0 cm³/mol. The molecule has 1 nitrogen and oxygen atoms in total. The van der Waals surface area contributed by atoms with Crippen molar-refractivity contribution in [1.29, 1.82) is 0 Å². The predicted octanol–water partition coefficient (Wildman–Crippen LogP) is 4.22. The lowest BCUT2D eigenvalue weighted by Crippen LogP contribution is -2.14. The topological polar surface area (TPSA) is 12.0 Å². The molecule has 0 aromatic heterocycles. The van der Waals surface area contributed by atoms with Gasteiger partial charge < -0.3 is 5.32 Å². The Bertz CT molecular complexity index is 328. The molecule has 1 aromatic carbocycles. The third-order valence-corrected chi connectivity index (χ3v) is 3.72. The van der Waals surface area contributed by atoms with Gasteiger partial charge in [0, 0.05) is 11.4 Å². The minimum Gasteiger partial charge on any atom is -0.313 e. The van der Waals surface area contributed by atoms with Crippen molar-refractivity contribution >= 4 is 11.8 Å². The van der Waals surface area contributed by atoms with Crippen molar-refractivity contribution < 1.29 is 4.39 Å². The van der Waals surface area contributed by atoms with Crippen LogP contribution in [0.15, 0.2) is 23.1 Å². The van der Waals surface area contributed by atoms with Gasteiger partial charge in [0.1, 0.15) is 5.82 Å². The zero-order valence-corrected chi connectivity index (χ0v) is 11.6. The largest absolute Gasteiger partial charge is 0.313 e. The van der Waals surface area contributed by atoms with Gasteiger partial charge in [-0.15, -0.1) is 11.8 Å². The Kier molecular flexibility index (Phi) is 7.29. The molecule has 0 saturated carbocycles. The molecule has 1 aromatic rings. The van der Waals surface area contributed by atoms with Gasteiger partial charge in [-0.05, 0) is 48.9 Å². The van der Waals surface area contributed by atoms with E-state index in [2.05, 4.69) is 19.2 Å². The van der Waals surface area contributed by atoms with E-state index in [-0.39, 0.29) is 5.82 Å². The van der Waals surface area contributed by atoms with Crippen LogP contribution in [0.1, 0.15) is 38.7 Å². The fourth-order valence-electron chi connectivity index (χ4n) is 1.55. The van der Waals surface area contributed by atoms with Crippen molar-refractivity contribution in [2.75, 3.05) is 12.3 Å². The molecule has 3 heteroatoms. The zero-order valence-electron chi connectivity index (χ0n) is 10.8. The highest BCUT2D eigenvalue weighted by molar-refractivity contribution is 7.99. The van der Waals surface area contributed by atoms with E-state index in [9.17, 15) is 4.39 Å². The fourth-order valence-corrected chi connectivity index (χ4v) is 2.69. The summed E-state index contributed by atoms with van der Waals surface area (Å²) < 4.78 is 13.2. The van der Waals surface area contributed by atoms with Gasteiger partial charge in [-0.25, -0.2) is 4.39 Å². The summed E-state index contributed by atoms with van der Waals surface area (Å²) in [7, 11) is 0. The molecule has 0 aliphatic rings. The van der Waals surface area contributed by atoms with E-state index in [1.807, 2.05) is 17.8 Å². The van der Waals surface area contributed by atoms with E-state index in [1.54, 1.807) is 12.1 Å². The van der Waals surface area contributed by atoms with Crippen LogP contribution in [-0.4, -0.2) is 12.3 Å². The van der Waals surface area contributed by atoms with Crippen molar-refractivity contribution in [2.45, 2.75) is 44.6 Å². The summed E-state index contributed by atoms with van der Waals surface area (Å²) in [6.07, 6.45) is 3.52. The van der Waals surface area contributed by atoms with Crippen LogP contribution >= 0.6 is 11.8 Å². The van der Waals surface area contributed by atoms with Crippen molar-refractivity contribution in [3.05, 3.63) is 29.6 Å². The Morgan fingerprint density at radius 1 is 1.24 bits per heavy atom. The minimum atomic E-state index is -0.141. The van der Waals surface area contributed by atoms with Gasteiger partial charge in [-0.1, -0.05) is 20.3 Å². The molecule has 0 fully saturated rings. The van der Waals surface area contributed by atoms with Crippen LogP contribution in [0.5, 0.6) is 0 Å². The highest BCUT2D eigenvalue weighted by Gasteiger charge is 2.04. The maximum atomic E-state index is 13.2. The Labute approximate surface area is 108 Å². The standard InChI is InChI=1S/C14H22FNS/c1-3-5-9-17-14-7-6-13(15)10-12(14)11-16-8-4-2/h6-7,10,16H,3-5,8-9,11H2,1-2H3. The highest BCUT2D eigenvalue weighted by Crippen LogP contribution is 2.24. The summed E-state index contributed by atoms with van der Waals surface area (Å²) in [6, 6.07) is 5.10. The van der Waals surface area contributed by atoms with Crippen LogP contribution in [0.3, 0.4) is 0 Å². The molecule has 96 valence electrons. The van der Waals surface area contributed by atoms with E-state index < -0.39 is 0 Å². The molecule has 1 rings (SSSR count). The molecular formula is C14H22FNS. The lowest BCUT2D eigenvalue weighted by atomic mass is 10.2. The zero-order chi connectivity index (χ0) is 12.5. The molecule has 0 heterocycles. The molecule has 0 aliphatic heterocycles. The average molecular weight is 255 g/mol. The average Bonchev–Trinajstić information content (AvgIpc) is 2.32. The van der Waals surface area contributed by atoms with Gasteiger partial charge in [0.25, 0.3) is 0 Å². The smallest absolute Gasteiger partial charge is 0.123 e. The molecule has 0 saturated heterocycles. The molecule has 0 spiro atoms. The maximum absolute atomic E-state index is 13.2. The number of benzene rings is 1. The first-order valence-electron chi connectivity index (χ1n) is 6.39. The Morgan fingerprint density at radius 2 is 2.06 bits per heavy atom. The molecule has 0 aliphatic carbocycles. The summed E-state index contributed by atoms with van der Waals surface area (Å²) in [5.41, 5.74) is 1.08. The quantitative estimate of drug-likeness (QED) is 0.551. The summed E-state index contributed by atoms with van der Waals surface area (Å²) >= 11 is 1.83. The lowest BCUT2D eigenvalue weighted by Gasteiger charge is -2.10. The molecule has 0 atom stereocenters. The van der Waals surface area contributed by atoms with Crippen LogP contribution in [0.4, 0.5) is 4.39 Å². The van der Waals surface area contributed by atoms with Crippen LogP contribution in [0.25, 0.3) is 0 Å². The van der Waals surface area contributed by atoms with Gasteiger partial charge in [0.15, 0.2) is 0 Å². The normalized spacial score (nSPS) is 10.8. The molecular weight excluding hydrogens is 233 g/mol. The summed E-state index contributed by atoms with van der Waals surface area (Å²) in [5.74, 6) is 0.973. The van der Waals surface area contributed by atoms with E-state index in [1.165, 1.54) is 17.7 Å². The van der Waals surface area contributed by atoms with Crippen molar-refractivity contribution in [3.8, 4) is 0 Å². The Balaban J connectivity index is 2.59. The van der Waals surface area contributed by atoms with E-state index >= 15 is 0 Å². The van der Waals surface area contributed by atoms with Gasteiger partial charge >= 0.3 is 0 Å². The van der Waals surface area contributed by atoms with E-state index in [4.69, 9.17) is 0 Å². The second kappa shape index (κ2) is 8.54. The van der Waals surface area contributed by atoms with Crippen molar-refractivity contribution in [3.63, 3.8) is 0 Å². The highest BCUT2D eigenvalue weighted by atomic mass is 32.2. The number of unbranched alkanes of at least 4 members (excludes halogenated alkanes) is 1. The van der Waals surface area contributed by atoms with Crippen LogP contribution < -0.4 is 5.32 Å². The minimum absolute atomic E-state index is 0.141. The molecule has 0 bridgehead atoms. The van der Waals surface area contributed by atoms with Gasteiger partial charge in [0.05, 0.1) is 0 Å².